The van der Waals surface area contributed by atoms with E-state index in [9.17, 15) is 21.6 Å². The van der Waals surface area contributed by atoms with E-state index in [-0.39, 0.29) is 18.0 Å². The zero-order chi connectivity index (χ0) is 24.8. The number of nitrogens with zero attached hydrogens (tertiary/aromatic N) is 2. The monoisotopic (exact) mass is 509 g/mol. The number of benzene rings is 2. The zero-order valence-electron chi connectivity index (χ0n) is 19.4. The maximum atomic E-state index is 12.8. The number of sulfonamides is 2. The lowest BCUT2D eigenvalue weighted by atomic mass is 10.2. The molecule has 1 atom stereocenters. The van der Waals surface area contributed by atoms with Crippen molar-refractivity contribution >= 4 is 31.6 Å². The summed E-state index contributed by atoms with van der Waals surface area (Å²) in [5.74, 6) is 0.0520. The van der Waals surface area contributed by atoms with Gasteiger partial charge in [-0.3, -0.25) is 9.10 Å². The fraction of sp³-hybridized carbons (Fsp3) is 0.435. The van der Waals surface area contributed by atoms with E-state index in [1.165, 1.54) is 16.4 Å². The number of hydrogen-bond acceptors (Lipinski definition) is 6. The predicted octanol–water partition coefficient (Wildman–Crippen LogP) is 2.21. The molecule has 1 amide bonds. The zero-order valence-corrected chi connectivity index (χ0v) is 21.0. The van der Waals surface area contributed by atoms with E-state index < -0.39 is 32.0 Å². The molecule has 1 fully saturated rings. The molecule has 1 N–H and O–H groups in total. The normalized spacial score (nSPS) is 15.6. The van der Waals surface area contributed by atoms with Gasteiger partial charge in [-0.15, -0.1) is 0 Å². The van der Waals surface area contributed by atoms with Crippen molar-refractivity contribution in [3.05, 3.63) is 54.6 Å². The first-order valence-electron chi connectivity index (χ1n) is 11.2. The van der Waals surface area contributed by atoms with E-state index in [0.29, 0.717) is 30.9 Å². The molecule has 186 valence electrons. The molecule has 1 saturated heterocycles. The summed E-state index contributed by atoms with van der Waals surface area (Å²) >= 11 is 0. The summed E-state index contributed by atoms with van der Waals surface area (Å²) in [7, 11) is -7.16. The molecule has 3 rings (SSSR count). The van der Waals surface area contributed by atoms with Crippen LogP contribution in [0.15, 0.2) is 59.5 Å². The summed E-state index contributed by atoms with van der Waals surface area (Å²) in [6, 6.07) is 13.8. The Kier molecular flexibility index (Phi) is 8.56. The smallest absolute Gasteiger partial charge is 0.244 e. The van der Waals surface area contributed by atoms with Crippen molar-refractivity contribution in [2.75, 3.05) is 36.8 Å². The average Bonchev–Trinajstić information content (AvgIpc) is 3.36. The minimum atomic E-state index is -3.68. The Labute approximate surface area is 201 Å². The van der Waals surface area contributed by atoms with Crippen LogP contribution in [0.25, 0.3) is 0 Å². The highest BCUT2D eigenvalue weighted by Gasteiger charge is 2.31. The number of rotatable bonds is 11. The SMILES string of the molecule is CC[C@H](C(=O)NCCOc1ccc(S(=O)(=O)N2CCCC2)cc1)N(c1ccccc1)S(C)(=O)=O. The Hall–Kier alpha value is -2.63. The standard InChI is InChI=1S/C23H31N3O6S2/c1-3-22(26(33(2,28)29)19-9-5-4-6-10-19)23(27)24-15-18-32-20-11-13-21(14-12-20)34(30,31)25-16-7-8-17-25/h4-6,9-14,22H,3,7-8,15-18H2,1-2H3,(H,24,27)/t22-/m1/s1. The average molecular weight is 510 g/mol. The first-order chi connectivity index (χ1) is 16.1. The van der Waals surface area contributed by atoms with Crippen LogP contribution in [-0.4, -0.2) is 65.6 Å². The third kappa shape index (κ3) is 6.28. The molecule has 0 radical (unpaired) electrons. The molecule has 1 heterocycles. The highest BCUT2D eigenvalue weighted by Crippen LogP contribution is 2.23. The van der Waals surface area contributed by atoms with Gasteiger partial charge in [-0.05, 0) is 55.7 Å². The number of amides is 1. The van der Waals surface area contributed by atoms with E-state index in [1.807, 2.05) is 0 Å². The molecule has 34 heavy (non-hydrogen) atoms. The molecule has 1 aliphatic rings. The summed E-state index contributed by atoms with van der Waals surface area (Å²) in [6.07, 6.45) is 3.12. The van der Waals surface area contributed by atoms with Crippen molar-refractivity contribution in [1.82, 2.24) is 9.62 Å². The summed E-state index contributed by atoms with van der Waals surface area (Å²) in [6.45, 7) is 3.14. The molecule has 11 heteroatoms. The minimum Gasteiger partial charge on any atom is -0.492 e. The van der Waals surface area contributed by atoms with Crippen molar-refractivity contribution in [3.63, 3.8) is 0 Å². The molecule has 0 aliphatic carbocycles. The van der Waals surface area contributed by atoms with E-state index in [0.717, 1.165) is 23.4 Å². The first kappa shape index (κ1) is 26.0. The van der Waals surface area contributed by atoms with Crippen LogP contribution in [-0.2, 0) is 24.8 Å². The predicted molar refractivity (Wildman–Crippen MR) is 131 cm³/mol. The lowest BCUT2D eigenvalue weighted by Crippen LogP contribution is -2.49. The third-order valence-electron chi connectivity index (χ3n) is 5.54. The maximum Gasteiger partial charge on any atom is 0.244 e. The topological polar surface area (TPSA) is 113 Å². The van der Waals surface area contributed by atoms with Crippen molar-refractivity contribution in [3.8, 4) is 5.75 Å². The maximum absolute atomic E-state index is 12.8. The van der Waals surface area contributed by atoms with Gasteiger partial charge in [0.25, 0.3) is 0 Å². The number of carbonyl (C=O) groups is 1. The number of carbonyl (C=O) groups excluding carboxylic acids is 1. The van der Waals surface area contributed by atoms with Crippen LogP contribution >= 0.6 is 0 Å². The molecule has 0 bridgehead atoms. The number of hydrogen-bond donors (Lipinski definition) is 1. The van der Waals surface area contributed by atoms with Crippen molar-refractivity contribution in [1.29, 1.82) is 0 Å². The summed E-state index contributed by atoms with van der Waals surface area (Å²) in [5.41, 5.74) is 0.423. The highest BCUT2D eigenvalue weighted by atomic mass is 32.2. The molecule has 1 aliphatic heterocycles. The molecule has 0 spiro atoms. The van der Waals surface area contributed by atoms with Gasteiger partial charge in [0.1, 0.15) is 18.4 Å². The van der Waals surface area contributed by atoms with Crippen LogP contribution in [0.2, 0.25) is 0 Å². The minimum absolute atomic E-state index is 0.143. The summed E-state index contributed by atoms with van der Waals surface area (Å²) < 4.78 is 58.2. The van der Waals surface area contributed by atoms with Crippen molar-refractivity contribution in [2.45, 2.75) is 37.1 Å². The second kappa shape index (κ2) is 11.2. The molecule has 0 saturated carbocycles. The number of anilines is 1. The molecule has 2 aromatic carbocycles. The van der Waals surface area contributed by atoms with E-state index in [2.05, 4.69) is 5.32 Å². The van der Waals surface area contributed by atoms with E-state index in [4.69, 9.17) is 4.74 Å². The Morgan fingerprint density at radius 1 is 1.03 bits per heavy atom. The van der Waals surface area contributed by atoms with Crippen LogP contribution in [0.1, 0.15) is 26.2 Å². The Morgan fingerprint density at radius 2 is 1.65 bits per heavy atom. The summed E-state index contributed by atoms with van der Waals surface area (Å²) in [5, 5.41) is 2.73. The van der Waals surface area contributed by atoms with E-state index in [1.54, 1.807) is 49.4 Å². The Bertz CT molecular complexity index is 1160. The second-order valence-electron chi connectivity index (χ2n) is 8.04. The van der Waals surface area contributed by atoms with Gasteiger partial charge in [0, 0.05) is 13.1 Å². The van der Waals surface area contributed by atoms with Crippen LogP contribution in [0, 0.1) is 0 Å². The van der Waals surface area contributed by atoms with Gasteiger partial charge in [0.2, 0.25) is 26.0 Å². The molecule has 9 nitrogen and oxygen atoms in total. The Balaban J connectivity index is 1.56. The molecule has 0 unspecified atom stereocenters. The fourth-order valence-corrected chi connectivity index (χ4v) is 6.61. The van der Waals surface area contributed by atoms with Crippen LogP contribution < -0.4 is 14.4 Å². The van der Waals surface area contributed by atoms with Crippen LogP contribution in [0.5, 0.6) is 5.75 Å². The van der Waals surface area contributed by atoms with Crippen molar-refractivity contribution < 1.29 is 26.4 Å². The van der Waals surface area contributed by atoms with Gasteiger partial charge < -0.3 is 10.1 Å². The molecular weight excluding hydrogens is 478 g/mol. The van der Waals surface area contributed by atoms with Crippen LogP contribution in [0.3, 0.4) is 0 Å². The molecule has 2 aromatic rings. The number of ether oxygens (including phenoxy) is 1. The number of para-hydroxylation sites is 1. The van der Waals surface area contributed by atoms with Crippen molar-refractivity contribution in [2.24, 2.45) is 0 Å². The summed E-state index contributed by atoms with van der Waals surface area (Å²) in [4.78, 5) is 13.0. The van der Waals surface area contributed by atoms with Gasteiger partial charge in [-0.1, -0.05) is 25.1 Å². The second-order valence-corrected chi connectivity index (χ2v) is 11.8. The Morgan fingerprint density at radius 3 is 2.21 bits per heavy atom. The third-order valence-corrected chi connectivity index (χ3v) is 8.63. The largest absolute Gasteiger partial charge is 0.492 e. The van der Waals surface area contributed by atoms with Gasteiger partial charge in [0.15, 0.2) is 0 Å². The quantitative estimate of drug-likeness (QED) is 0.465. The molecular formula is C23H31N3O6S2. The van der Waals surface area contributed by atoms with E-state index >= 15 is 0 Å². The van der Waals surface area contributed by atoms with Gasteiger partial charge >= 0.3 is 0 Å². The van der Waals surface area contributed by atoms with Gasteiger partial charge in [-0.2, -0.15) is 4.31 Å². The fourth-order valence-electron chi connectivity index (χ4n) is 3.88. The van der Waals surface area contributed by atoms with Gasteiger partial charge in [-0.25, -0.2) is 16.8 Å². The molecule has 0 aromatic heterocycles. The van der Waals surface area contributed by atoms with Gasteiger partial charge in [0.05, 0.1) is 23.4 Å². The highest BCUT2D eigenvalue weighted by molar-refractivity contribution is 7.92. The van der Waals surface area contributed by atoms with Crippen LogP contribution in [0.4, 0.5) is 5.69 Å². The number of nitrogens with one attached hydrogen (secondary N) is 1. The lowest BCUT2D eigenvalue weighted by Gasteiger charge is -2.30. The first-order valence-corrected chi connectivity index (χ1v) is 14.5. The lowest BCUT2D eigenvalue weighted by molar-refractivity contribution is -0.122.